The van der Waals surface area contributed by atoms with Crippen LogP contribution in [-0.2, 0) is 4.74 Å². The van der Waals surface area contributed by atoms with E-state index in [2.05, 4.69) is 18.7 Å². The van der Waals surface area contributed by atoms with Gasteiger partial charge in [-0.25, -0.2) is 4.79 Å². The number of nitrogens with zero attached hydrogens (tertiary/aromatic N) is 1. The number of anilines is 1. The Balaban J connectivity index is 2.76. The standard InChI is InChI=1S/C16H25NO2/c1-5-11-17(12-6-2)15-9-7-14(8-10-15)16(18)19-13(3)4/h7-10,13H,5-6,11-12H2,1-4H3. The minimum atomic E-state index is -0.251. The Labute approximate surface area is 116 Å². The average Bonchev–Trinajstić information content (AvgIpc) is 2.38. The van der Waals surface area contributed by atoms with Crippen LogP contribution in [0.1, 0.15) is 50.9 Å². The van der Waals surface area contributed by atoms with Crippen molar-refractivity contribution >= 4 is 11.7 Å². The monoisotopic (exact) mass is 263 g/mol. The van der Waals surface area contributed by atoms with Gasteiger partial charge in [0.05, 0.1) is 11.7 Å². The maximum Gasteiger partial charge on any atom is 0.338 e. The Morgan fingerprint density at radius 3 is 2.05 bits per heavy atom. The maximum atomic E-state index is 11.8. The molecule has 3 heteroatoms. The highest BCUT2D eigenvalue weighted by atomic mass is 16.5. The van der Waals surface area contributed by atoms with E-state index >= 15 is 0 Å². The molecule has 0 saturated heterocycles. The number of carbonyl (C=O) groups excluding carboxylic acids is 1. The van der Waals surface area contributed by atoms with Gasteiger partial charge in [0, 0.05) is 18.8 Å². The van der Waals surface area contributed by atoms with Crippen molar-refractivity contribution in [2.75, 3.05) is 18.0 Å². The molecule has 0 aliphatic heterocycles. The number of benzene rings is 1. The molecule has 0 bridgehead atoms. The Kier molecular flexibility index (Phi) is 6.40. The van der Waals surface area contributed by atoms with Crippen molar-refractivity contribution in [2.45, 2.75) is 46.6 Å². The molecule has 0 fully saturated rings. The summed E-state index contributed by atoms with van der Waals surface area (Å²) < 4.78 is 5.18. The van der Waals surface area contributed by atoms with Crippen LogP contribution in [0.5, 0.6) is 0 Å². The van der Waals surface area contributed by atoms with E-state index < -0.39 is 0 Å². The predicted molar refractivity (Wildman–Crippen MR) is 79.8 cm³/mol. The van der Waals surface area contributed by atoms with Crippen molar-refractivity contribution in [1.29, 1.82) is 0 Å². The SMILES string of the molecule is CCCN(CCC)c1ccc(C(=O)OC(C)C)cc1. The number of carbonyl (C=O) groups is 1. The predicted octanol–water partition coefficient (Wildman–Crippen LogP) is 3.88. The molecule has 0 amide bonds. The second kappa shape index (κ2) is 7.82. The fourth-order valence-electron chi connectivity index (χ4n) is 2.00. The molecule has 0 spiro atoms. The van der Waals surface area contributed by atoms with E-state index in [9.17, 15) is 4.79 Å². The third-order valence-electron chi connectivity index (χ3n) is 2.80. The molecule has 19 heavy (non-hydrogen) atoms. The zero-order valence-electron chi connectivity index (χ0n) is 12.5. The number of hydrogen-bond donors (Lipinski definition) is 0. The van der Waals surface area contributed by atoms with E-state index in [1.165, 1.54) is 5.69 Å². The topological polar surface area (TPSA) is 29.5 Å². The zero-order valence-corrected chi connectivity index (χ0v) is 12.5. The molecule has 0 unspecified atom stereocenters. The Hall–Kier alpha value is -1.51. The third-order valence-corrected chi connectivity index (χ3v) is 2.80. The number of rotatable bonds is 7. The smallest absolute Gasteiger partial charge is 0.338 e. The van der Waals surface area contributed by atoms with E-state index in [-0.39, 0.29) is 12.1 Å². The second-order valence-corrected chi connectivity index (χ2v) is 4.99. The van der Waals surface area contributed by atoms with Crippen LogP contribution in [0.15, 0.2) is 24.3 Å². The normalized spacial score (nSPS) is 10.6. The third kappa shape index (κ3) is 4.93. The van der Waals surface area contributed by atoms with Crippen LogP contribution in [0, 0.1) is 0 Å². The lowest BCUT2D eigenvalue weighted by molar-refractivity contribution is 0.0378. The fraction of sp³-hybridized carbons (Fsp3) is 0.562. The highest BCUT2D eigenvalue weighted by molar-refractivity contribution is 5.89. The van der Waals surface area contributed by atoms with Crippen molar-refractivity contribution in [2.24, 2.45) is 0 Å². The van der Waals surface area contributed by atoms with Gasteiger partial charge in [-0.3, -0.25) is 0 Å². The van der Waals surface area contributed by atoms with Crippen LogP contribution < -0.4 is 4.90 Å². The molecule has 0 aliphatic rings. The van der Waals surface area contributed by atoms with Gasteiger partial charge in [0.1, 0.15) is 0 Å². The molecular formula is C16H25NO2. The van der Waals surface area contributed by atoms with Crippen LogP contribution in [0.2, 0.25) is 0 Å². The molecule has 0 radical (unpaired) electrons. The molecule has 1 rings (SSSR count). The van der Waals surface area contributed by atoms with Crippen molar-refractivity contribution in [1.82, 2.24) is 0 Å². The summed E-state index contributed by atoms with van der Waals surface area (Å²) in [6, 6.07) is 7.70. The highest BCUT2D eigenvalue weighted by Gasteiger charge is 2.10. The summed E-state index contributed by atoms with van der Waals surface area (Å²) in [4.78, 5) is 14.1. The van der Waals surface area contributed by atoms with E-state index in [1.807, 2.05) is 38.1 Å². The molecule has 3 nitrogen and oxygen atoms in total. The van der Waals surface area contributed by atoms with Gasteiger partial charge < -0.3 is 9.64 Å². The van der Waals surface area contributed by atoms with Gasteiger partial charge >= 0.3 is 5.97 Å². The molecule has 0 heterocycles. The van der Waals surface area contributed by atoms with Gasteiger partial charge in [0.2, 0.25) is 0 Å². The quantitative estimate of drug-likeness (QED) is 0.699. The summed E-state index contributed by atoms with van der Waals surface area (Å²) in [5.41, 5.74) is 1.79. The molecular weight excluding hydrogens is 238 g/mol. The van der Waals surface area contributed by atoms with Crippen LogP contribution in [0.3, 0.4) is 0 Å². The molecule has 1 aromatic rings. The molecule has 1 aromatic carbocycles. The number of ether oxygens (including phenoxy) is 1. The molecule has 0 aromatic heterocycles. The molecule has 0 saturated carbocycles. The molecule has 0 aliphatic carbocycles. The Bertz CT molecular complexity index is 378. The Morgan fingerprint density at radius 1 is 1.11 bits per heavy atom. The first-order valence-corrected chi connectivity index (χ1v) is 7.14. The van der Waals surface area contributed by atoms with Crippen molar-refractivity contribution in [3.63, 3.8) is 0 Å². The van der Waals surface area contributed by atoms with Crippen LogP contribution >= 0.6 is 0 Å². The summed E-state index contributed by atoms with van der Waals surface area (Å²) in [5, 5.41) is 0. The van der Waals surface area contributed by atoms with Crippen LogP contribution in [-0.4, -0.2) is 25.2 Å². The summed E-state index contributed by atoms with van der Waals surface area (Å²) in [6.45, 7) is 10.2. The first-order chi connectivity index (χ1) is 9.08. The lowest BCUT2D eigenvalue weighted by Crippen LogP contribution is -2.24. The van der Waals surface area contributed by atoms with Gasteiger partial charge in [-0.1, -0.05) is 13.8 Å². The zero-order chi connectivity index (χ0) is 14.3. The summed E-state index contributed by atoms with van der Waals surface area (Å²) in [7, 11) is 0. The summed E-state index contributed by atoms with van der Waals surface area (Å²) in [6.07, 6.45) is 2.16. The highest BCUT2D eigenvalue weighted by Crippen LogP contribution is 2.17. The van der Waals surface area contributed by atoms with Gasteiger partial charge in [-0.2, -0.15) is 0 Å². The van der Waals surface area contributed by atoms with Gasteiger partial charge in [0.15, 0.2) is 0 Å². The van der Waals surface area contributed by atoms with E-state index in [0.717, 1.165) is 25.9 Å². The first-order valence-electron chi connectivity index (χ1n) is 7.14. The van der Waals surface area contributed by atoms with E-state index in [0.29, 0.717) is 5.56 Å². The number of esters is 1. The van der Waals surface area contributed by atoms with Crippen molar-refractivity contribution in [3.05, 3.63) is 29.8 Å². The van der Waals surface area contributed by atoms with Gasteiger partial charge in [-0.15, -0.1) is 0 Å². The van der Waals surface area contributed by atoms with Crippen molar-refractivity contribution < 1.29 is 9.53 Å². The van der Waals surface area contributed by atoms with Gasteiger partial charge in [0.25, 0.3) is 0 Å². The number of hydrogen-bond acceptors (Lipinski definition) is 3. The first kappa shape index (κ1) is 15.5. The lowest BCUT2D eigenvalue weighted by Gasteiger charge is -2.23. The minimum absolute atomic E-state index is 0.0798. The minimum Gasteiger partial charge on any atom is -0.459 e. The fourth-order valence-corrected chi connectivity index (χ4v) is 2.00. The molecule has 106 valence electrons. The average molecular weight is 263 g/mol. The molecule has 0 atom stereocenters. The van der Waals surface area contributed by atoms with Crippen LogP contribution in [0.4, 0.5) is 5.69 Å². The lowest BCUT2D eigenvalue weighted by atomic mass is 10.2. The molecule has 0 N–H and O–H groups in total. The largest absolute Gasteiger partial charge is 0.459 e. The van der Waals surface area contributed by atoms with E-state index in [1.54, 1.807) is 0 Å². The van der Waals surface area contributed by atoms with Crippen LogP contribution in [0.25, 0.3) is 0 Å². The summed E-state index contributed by atoms with van der Waals surface area (Å²) in [5.74, 6) is -0.251. The van der Waals surface area contributed by atoms with E-state index in [4.69, 9.17) is 4.74 Å². The van der Waals surface area contributed by atoms with Crippen molar-refractivity contribution in [3.8, 4) is 0 Å². The summed E-state index contributed by atoms with van der Waals surface area (Å²) >= 11 is 0. The van der Waals surface area contributed by atoms with Gasteiger partial charge in [-0.05, 0) is 51.0 Å². The maximum absolute atomic E-state index is 11.8. The Morgan fingerprint density at radius 2 is 1.63 bits per heavy atom. The second-order valence-electron chi connectivity index (χ2n) is 4.99.